The summed E-state index contributed by atoms with van der Waals surface area (Å²) in [6.07, 6.45) is 1.87. The van der Waals surface area contributed by atoms with Crippen LogP contribution >= 0.6 is 11.6 Å². The Bertz CT molecular complexity index is 973. The van der Waals surface area contributed by atoms with E-state index >= 15 is 0 Å². The van der Waals surface area contributed by atoms with Crippen LogP contribution in [0.25, 0.3) is 11.3 Å². The zero-order valence-corrected chi connectivity index (χ0v) is 17.3. The molecule has 3 rings (SSSR count). The van der Waals surface area contributed by atoms with Crippen LogP contribution in [0.1, 0.15) is 12.5 Å². The van der Waals surface area contributed by atoms with Gasteiger partial charge in [-0.25, -0.2) is 14.6 Å². The normalized spacial score (nSPS) is 9.97. The van der Waals surface area contributed by atoms with Gasteiger partial charge in [0.05, 0.1) is 18.5 Å². The highest BCUT2D eigenvalue weighted by molar-refractivity contribution is 6.30. The molecule has 0 aliphatic rings. The number of hydrogen-bond acceptors (Lipinski definition) is 5. The molecule has 0 spiro atoms. The van der Waals surface area contributed by atoms with Gasteiger partial charge in [-0.3, -0.25) is 0 Å². The number of nitrogens with one attached hydrogen (secondary N) is 1. The largest absolute Gasteiger partial charge is 0.494 e. The van der Waals surface area contributed by atoms with Crippen molar-refractivity contribution in [2.24, 2.45) is 7.05 Å². The summed E-state index contributed by atoms with van der Waals surface area (Å²) in [6, 6.07) is 15.8. The molecule has 0 saturated carbocycles. The van der Waals surface area contributed by atoms with Crippen LogP contribution in [0.15, 0.2) is 54.7 Å². The lowest BCUT2D eigenvalue weighted by Gasteiger charge is -2.09. The third kappa shape index (κ3) is 6.52. The molecule has 0 bridgehead atoms. The van der Waals surface area contributed by atoms with E-state index in [1.54, 1.807) is 0 Å². The van der Waals surface area contributed by atoms with Crippen LogP contribution in [0.3, 0.4) is 0 Å². The van der Waals surface area contributed by atoms with Crippen LogP contribution in [0.2, 0.25) is 5.02 Å². The van der Waals surface area contributed by atoms with Crippen LogP contribution < -0.4 is 10.1 Å². The van der Waals surface area contributed by atoms with Crippen molar-refractivity contribution in [2.45, 2.75) is 13.5 Å². The van der Waals surface area contributed by atoms with Crippen LogP contribution in [0, 0.1) is 0 Å². The minimum atomic E-state index is -1.82. The van der Waals surface area contributed by atoms with Gasteiger partial charge < -0.3 is 24.8 Å². The van der Waals surface area contributed by atoms with Crippen molar-refractivity contribution in [1.82, 2.24) is 9.55 Å². The van der Waals surface area contributed by atoms with Crippen LogP contribution in [-0.2, 0) is 23.2 Å². The number of hydrogen-bond donors (Lipinski definition) is 3. The molecule has 158 valence electrons. The number of anilines is 1. The molecule has 0 unspecified atom stereocenters. The van der Waals surface area contributed by atoms with Gasteiger partial charge >= 0.3 is 11.9 Å². The SMILES string of the molecule is CCOc1ccc(-c2cnc(NCc3ccc(Cl)cc3)n2C)cc1.O=C(O)C(=O)O. The molecule has 9 heteroatoms. The minimum absolute atomic E-state index is 0.670. The number of benzene rings is 2. The molecular weight excluding hydrogens is 410 g/mol. The summed E-state index contributed by atoms with van der Waals surface area (Å²) in [6.45, 7) is 3.35. The highest BCUT2D eigenvalue weighted by Crippen LogP contribution is 2.24. The van der Waals surface area contributed by atoms with Gasteiger partial charge in [-0.1, -0.05) is 23.7 Å². The highest BCUT2D eigenvalue weighted by Gasteiger charge is 2.08. The number of carboxylic acids is 2. The van der Waals surface area contributed by atoms with Crippen molar-refractivity contribution in [3.05, 3.63) is 65.3 Å². The monoisotopic (exact) mass is 431 g/mol. The zero-order valence-electron chi connectivity index (χ0n) is 16.5. The lowest BCUT2D eigenvalue weighted by Crippen LogP contribution is -2.09. The second-order valence-electron chi connectivity index (χ2n) is 6.07. The molecule has 0 amide bonds. The van der Waals surface area contributed by atoms with Gasteiger partial charge in [0.25, 0.3) is 0 Å². The predicted octanol–water partition coefficient (Wildman–Crippen LogP) is 3.91. The van der Waals surface area contributed by atoms with Crippen molar-refractivity contribution in [3.8, 4) is 17.0 Å². The molecule has 0 aliphatic carbocycles. The van der Waals surface area contributed by atoms with Gasteiger partial charge in [0.15, 0.2) is 0 Å². The number of imidazole rings is 1. The lowest BCUT2D eigenvalue weighted by molar-refractivity contribution is -0.159. The van der Waals surface area contributed by atoms with E-state index in [0.717, 1.165) is 33.5 Å². The number of aliphatic carboxylic acids is 2. The smallest absolute Gasteiger partial charge is 0.414 e. The van der Waals surface area contributed by atoms with Crippen molar-refractivity contribution in [2.75, 3.05) is 11.9 Å². The van der Waals surface area contributed by atoms with Crippen LogP contribution in [-0.4, -0.2) is 38.3 Å². The molecule has 1 aromatic heterocycles. The fourth-order valence-electron chi connectivity index (χ4n) is 2.51. The Morgan fingerprint density at radius 3 is 2.20 bits per heavy atom. The summed E-state index contributed by atoms with van der Waals surface area (Å²) in [7, 11) is 2.00. The maximum absolute atomic E-state index is 9.10. The summed E-state index contributed by atoms with van der Waals surface area (Å²) in [5.41, 5.74) is 3.31. The highest BCUT2D eigenvalue weighted by atomic mass is 35.5. The van der Waals surface area contributed by atoms with E-state index in [0.29, 0.717) is 13.2 Å². The van der Waals surface area contributed by atoms with E-state index in [4.69, 9.17) is 36.1 Å². The molecule has 3 N–H and O–H groups in total. The van der Waals surface area contributed by atoms with Gasteiger partial charge in [-0.15, -0.1) is 0 Å². The zero-order chi connectivity index (χ0) is 22.1. The average Bonchev–Trinajstić information content (AvgIpc) is 3.09. The number of aromatic nitrogens is 2. The molecule has 2 aromatic carbocycles. The molecule has 30 heavy (non-hydrogen) atoms. The summed E-state index contributed by atoms with van der Waals surface area (Å²) >= 11 is 5.91. The van der Waals surface area contributed by atoms with Gasteiger partial charge in [-0.2, -0.15) is 0 Å². The van der Waals surface area contributed by atoms with E-state index in [1.165, 1.54) is 0 Å². The molecular formula is C21H22ClN3O5. The van der Waals surface area contributed by atoms with E-state index in [-0.39, 0.29) is 0 Å². The molecule has 1 heterocycles. The molecule has 3 aromatic rings. The number of carboxylic acid groups (broad SMARTS) is 2. The van der Waals surface area contributed by atoms with E-state index < -0.39 is 11.9 Å². The molecule has 0 saturated heterocycles. The number of carbonyl (C=O) groups is 2. The second-order valence-corrected chi connectivity index (χ2v) is 6.51. The number of ether oxygens (including phenoxy) is 1. The van der Waals surface area contributed by atoms with Crippen molar-refractivity contribution in [1.29, 1.82) is 0 Å². The Morgan fingerprint density at radius 2 is 1.67 bits per heavy atom. The summed E-state index contributed by atoms with van der Waals surface area (Å²) in [4.78, 5) is 22.7. The first kappa shape index (κ1) is 22.8. The Kier molecular flexibility index (Phi) is 8.25. The van der Waals surface area contributed by atoms with Crippen molar-refractivity contribution >= 4 is 29.5 Å². The molecule has 0 atom stereocenters. The molecule has 0 fully saturated rings. The van der Waals surface area contributed by atoms with Gasteiger partial charge in [0.1, 0.15) is 5.75 Å². The topological polar surface area (TPSA) is 114 Å². The standard InChI is InChI=1S/C19H20ClN3O.C2H2O4/c1-3-24-17-10-6-15(7-11-17)18-13-22-19(23(18)2)21-12-14-4-8-16(20)9-5-14;3-1(4)2(5)6/h4-11,13H,3,12H2,1-2H3,(H,21,22);(H,3,4)(H,5,6). The molecule has 8 nitrogen and oxygen atoms in total. The van der Waals surface area contributed by atoms with Gasteiger partial charge in [-0.05, 0) is 48.9 Å². The van der Waals surface area contributed by atoms with Crippen molar-refractivity contribution in [3.63, 3.8) is 0 Å². The Morgan fingerprint density at radius 1 is 1.07 bits per heavy atom. The lowest BCUT2D eigenvalue weighted by atomic mass is 10.1. The Hall–Kier alpha value is -3.52. The van der Waals surface area contributed by atoms with Gasteiger partial charge in [0.2, 0.25) is 5.95 Å². The Balaban J connectivity index is 0.000000469. The van der Waals surface area contributed by atoms with Crippen LogP contribution in [0.4, 0.5) is 5.95 Å². The number of halogens is 1. The Labute approximate surface area is 178 Å². The maximum Gasteiger partial charge on any atom is 0.414 e. The third-order valence-corrected chi connectivity index (χ3v) is 4.25. The summed E-state index contributed by atoms with van der Waals surface area (Å²) in [5.74, 6) is -1.94. The second kappa shape index (κ2) is 10.9. The first-order valence-corrected chi connectivity index (χ1v) is 9.39. The van der Waals surface area contributed by atoms with E-state index in [2.05, 4.69) is 10.3 Å². The summed E-state index contributed by atoms with van der Waals surface area (Å²) < 4.78 is 7.53. The van der Waals surface area contributed by atoms with Crippen LogP contribution in [0.5, 0.6) is 5.75 Å². The van der Waals surface area contributed by atoms with E-state index in [1.807, 2.05) is 73.3 Å². The third-order valence-electron chi connectivity index (χ3n) is 4.00. The first-order valence-electron chi connectivity index (χ1n) is 9.01. The first-order chi connectivity index (χ1) is 14.3. The quantitative estimate of drug-likeness (QED) is 0.507. The van der Waals surface area contributed by atoms with Crippen molar-refractivity contribution < 1.29 is 24.5 Å². The summed E-state index contributed by atoms with van der Waals surface area (Å²) in [5, 5.41) is 18.9. The molecule has 0 aliphatic heterocycles. The average molecular weight is 432 g/mol. The minimum Gasteiger partial charge on any atom is -0.494 e. The maximum atomic E-state index is 9.10. The van der Waals surface area contributed by atoms with Gasteiger partial charge in [0, 0.05) is 24.2 Å². The fraction of sp³-hybridized carbons (Fsp3) is 0.190. The predicted molar refractivity (Wildman–Crippen MR) is 114 cm³/mol. The van der Waals surface area contributed by atoms with E-state index in [9.17, 15) is 0 Å². The molecule has 0 radical (unpaired) electrons. The fourth-order valence-corrected chi connectivity index (χ4v) is 2.64. The number of nitrogens with zero attached hydrogens (tertiary/aromatic N) is 2. The number of rotatable bonds is 6.